The smallest absolute Gasteiger partial charge is 0.258 e. The molecule has 0 aromatic heterocycles. The van der Waals surface area contributed by atoms with Gasteiger partial charge in [-0.1, -0.05) is 37.0 Å². The van der Waals surface area contributed by atoms with Crippen molar-refractivity contribution in [1.82, 2.24) is 9.62 Å². The molecule has 0 aliphatic carbocycles. The third kappa shape index (κ3) is 6.39. The van der Waals surface area contributed by atoms with Crippen LogP contribution in [0, 0.1) is 0 Å². The molecule has 0 unspecified atom stereocenters. The van der Waals surface area contributed by atoms with Crippen LogP contribution >= 0.6 is 35.4 Å². The molecule has 162 valence electrons. The van der Waals surface area contributed by atoms with Crippen LogP contribution in [0.25, 0.3) is 0 Å². The summed E-state index contributed by atoms with van der Waals surface area (Å²) >= 11 is 17.0. The maximum atomic E-state index is 12.8. The average Bonchev–Trinajstić information content (AvgIpc) is 2.68. The Balaban J connectivity index is 2.06. The number of nitrogens with zero attached hydrogens (tertiary/aromatic N) is 1. The Bertz CT molecular complexity index is 1010. The minimum absolute atomic E-state index is 0.0558. The van der Waals surface area contributed by atoms with Gasteiger partial charge in [0.05, 0.1) is 15.5 Å². The Labute approximate surface area is 192 Å². The molecule has 0 atom stereocenters. The van der Waals surface area contributed by atoms with E-state index in [1.807, 2.05) is 13.8 Å². The van der Waals surface area contributed by atoms with Gasteiger partial charge in [0.2, 0.25) is 10.0 Å². The van der Waals surface area contributed by atoms with E-state index in [2.05, 4.69) is 10.6 Å². The highest BCUT2D eigenvalue weighted by atomic mass is 35.5. The molecule has 0 spiro atoms. The summed E-state index contributed by atoms with van der Waals surface area (Å²) in [7, 11) is -3.56. The molecule has 1 amide bonds. The summed E-state index contributed by atoms with van der Waals surface area (Å²) in [6.07, 6.45) is 1.48. The molecular weight excluding hydrogens is 465 g/mol. The normalized spacial score (nSPS) is 11.4. The van der Waals surface area contributed by atoms with Crippen molar-refractivity contribution in [3.63, 3.8) is 0 Å². The van der Waals surface area contributed by atoms with Gasteiger partial charge in [-0.05, 0) is 67.5 Å². The molecular formula is C20H23Cl2N3O3S2. The summed E-state index contributed by atoms with van der Waals surface area (Å²) in [5, 5.41) is 6.07. The molecule has 0 fully saturated rings. The van der Waals surface area contributed by atoms with Gasteiger partial charge < -0.3 is 5.32 Å². The number of sulfonamides is 1. The van der Waals surface area contributed by atoms with E-state index in [0.29, 0.717) is 23.8 Å². The summed E-state index contributed by atoms with van der Waals surface area (Å²) in [4.78, 5) is 12.5. The number of amides is 1. The molecule has 2 aromatic carbocycles. The molecule has 0 bridgehead atoms. The summed E-state index contributed by atoms with van der Waals surface area (Å²) in [5.74, 6) is -0.483. The predicted octanol–water partition coefficient (Wildman–Crippen LogP) is 4.93. The molecule has 30 heavy (non-hydrogen) atoms. The molecule has 2 N–H and O–H groups in total. The fraction of sp³-hybridized carbons (Fsp3) is 0.300. The van der Waals surface area contributed by atoms with Gasteiger partial charge in [-0.25, -0.2) is 8.42 Å². The number of rotatable bonds is 8. The lowest BCUT2D eigenvalue weighted by Gasteiger charge is -2.21. The van der Waals surface area contributed by atoms with Crippen molar-refractivity contribution in [3.8, 4) is 0 Å². The quantitative estimate of drug-likeness (QED) is 0.516. The Kier molecular flexibility index (Phi) is 9.06. The van der Waals surface area contributed by atoms with E-state index in [1.54, 1.807) is 18.2 Å². The molecule has 0 aliphatic heterocycles. The van der Waals surface area contributed by atoms with Gasteiger partial charge >= 0.3 is 0 Å². The van der Waals surface area contributed by atoms with E-state index >= 15 is 0 Å². The highest BCUT2D eigenvalue weighted by Gasteiger charge is 2.22. The Hall–Kier alpha value is -1.71. The average molecular weight is 488 g/mol. The molecule has 2 aromatic rings. The number of halogens is 2. The van der Waals surface area contributed by atoms with Crippen molar-refractivity contribution in [1.29, 1.82) is 0 Å². The van der Waals surface area contributed by atoms with Crippen LogP contribution < -0.4 is 10.6 Å². The fourth-order valence-electron chi connectivity index (χ4n) is 2.72. The second-order valence-corrected chi connectivity index (χ2v) is 9.65. The molecule has 6 nitrogen and oxygen atoms in total. The standard InChI is InChI=1S/C20H23Cl2N3O3S2/c1-3-11-25(12-4-2)30(27,28)16-8-6-15(7-9-16)23-20(29)24-19(26)17-10-5-14(21)13-18(17)22/h5-10,13H,3-4,11-12H2,1-2H3,(H2,23,24,26,29). The third-order valence-corrected chi connectivity index (χ3v) is 6.76. The molecule has 2 rings (SSSR count). The predicted molar refractivity (Wildman–Crippen MR) is 126 cm³/mol. The van der Waals surface area contributed by atoms with Crippen LogP contribution in [0.15, 0.2) is 47.4 Å². The maximum absolute atomic E-state index is 12.8. The number of carbonyl (C=O) groups is 1. The summed E-state index contributed by atoms with van der Waals surface area (Å²) < 4.78 is 27.1. The SMILES string of the molecule is CCCN(CCC)S(=O)(=O)c1ccc(NC(=S)NC(=O)c2ccc(Cl)cc2Cl)cc1. The van der Waals surface area contributed by atoms with Crippen LogP contribution in [0.2, 0.25) is 10.0 Å². The monoisotopic (exact) mass is 487 g/mol. The van der Waals surface area contributed by atoms with E-state index in [-0.39, 0.29) is 20.6 Å². The minimum atomic E-state index is -3.56. The molecule has 0 heterocycles. The Morgan fingerprint density at radius 2 is 1.63 bits per heavy atom. The van der Waals surface area contributed by atoms with Crippen molar-refractivity contribution in [3.05, 3.63) is 58.1 Å². The summed E-state index contributed by atoms with van der Waals surface area (Å²) in [6.45, 7) is 4.83. The van der Waals surface area contributed by atoms with Crippen LogP contribution in [0.3, 0.4) is 0 Å². The summed E-state index contributed by atoms with van der Waals surface area (Å²) in [6, 6.07) is 10.7. The lowest BCUT2D eigenvalue weighted by atomic mass is 10.2. The first kappa shape index (κ1) is 24.6. The molecule has 10 heteroatoms. The molecule has 0 saturated heterocycles. The number of hydrogen-bond donors (Lipinski definition) is 2. The highest BCUT2D eigenvalue weighted by molar-refractivity contribution is 7.89. The first-order valence-electron chi connectivity index (χ1n) is 9.36. The van der Waals surface area contributed by atoms with Crippen LogP contribution in [-0.2, 0) is 10.0 Å². The zero-order chi connectivity index (χ0) is 22.3. The van der Waals surface area contributed by atoms with E-state index in [0.717, 1.165) is 12.8 Å². The first-order valence-corrected chi connectivity index (χ1v) is 12.0. The van der Waals surface area contributed by atoms with Crippen molar-refractivity contribution >= 4 is 62.2 Å². The molecule has 0 aliphatic rings. The highest BCUT2D eigenvalue weighted by Crippen LogP contribution is 2.21. The number of carbonyl (C=O) groups excluding carboxylic acids is 1. The molecule has 0 radical (unpaired) electrons. The number of thiocarbonyl (C=S) groups is 1. The van der Waals surface area contributed by atoms with Gasteiger partial charge in [0.1, 0.15) is 0 Å². The van der Waals surface area contributed by atoms with Gasteiger partial charge in [0, 0.05) is 23.8 Å². The topological polar surface area (TPSA) is 78.5 Å². The van der Waals surface area contributed by atoms with Gasteiger partial charge in [0.25, 0.3) is 5.91 Å². The Morgan fingerprint density at radius 3 is 2.17 bits per heavy atom. The lowest BCUT2D eigenvalue weighted by Crippen LogP contribution is -2.34. The largest absolute Gasteiger partial charge is 0.332 e. The van der Waals surface area contributed by atoms with Crippen LogP contribution in [-0.4, -0.2) is 36.8 Å². The van der Waals surface area contributed by atoms with E-state index in [9.17, 15) is 13.2 Å². The zero-order valence-corrected chi connectivity index (χ0v) is 19.8. The minimum Gasteiger partial charge on any atom is -0.332 e. The second kappa shape index (κ2) is 11.1. The van der Waals surface area contributed by atoms with Crippen molar-refractivity contribution in [2.24, 2.45) is 0 Å². The van der Waals surface area contributed by atoms with Gasteiger partial charge in [-0.2, -0.15) is 4.31 Å². The van der Waals surface area contributed by atoms with Crippen LogP contribution in [0.1, 0.15) is 37.0 Å². The van der Waals surface area contributed by atoms with E-state index in [1.165, 1.54) is 28.6 Å². The second-order valence-electron chi connectivity index (χ2n) is 6.46. The summed E-state index contributed by atoms with van der Waals surface area (Å²) in [5.41, 5.74) is 0.776. The Morgan fingerprint density at radius 1 is 1.03 bits per heavy atom. The molecule has 0 saturated carbocycles. The van der Waals surface area contributed by atoms with Gasteiger partial charge in [0.15, 0.2) is 5.11 Å². The van der Waals surface area contributed by atoms with E-state index in [4.69, 9.17) is 35.4 Å². The fourth-order valence-corrected chi connectivity index (χ4v) is 5.05. The van der Waals surface area contributed by atoms with Crippen molar-refractivity contribution in [2.75, 3.05) is 18.4 Å². The van der Waals surface area contributed by atoms with Gasteiger partial charge in [-0.15, -0.1) is 0 Å². The number of anilines is 1. The number of benzene rings is 2. The van der Waals surface area contributed by atoms with Gasteiger partial charge in [-0.3, -0.25) is 10.1 Å². The number of hydrogen-bond acceptors (Lipinski definition) is 4. The van der Waals surface area contributed by atoms with Crippen molar-refractivity contribution < 1.29 is 13.2 Å². The van der Waals surface area contributed by atoms with Crippen molar-refractivity contribution in [2.45, 2.75) is 31.6 Å². The maximum Gasteiger partial charge on any atom is 0.258 e. The third-order valence-electron chi connectivity index (χ3n) is 4.10. The van der Waals surface area contributed by atoms with Crippen LogP contribution in [0.4, 0.5) is 5.69 Å². The number of nitrogens with one attached hydrogen (secondary N) is 2. The first-order chi connectivity index (χ1) is 14.2. The zero-order valence-electron chi connectivity index (χ0n) is 16.6. The lowest BCUT2D eigenvalue weighted by molar-refractivity contribution is 0.0978. The van der Waals surface area contributed by atoms with E-state index < -0.39 is 15.9 Å². The van der Waals surface area contributed by atoms with Crippen LogP contribution in [0.5, 0.6) is 0 Å².